The lowest BCUT2D eigenvalue weighted by atomic mass is 9.94. The van der Waals surface area contributed by atoms with E-state index in [9.17, 15) is 4.79 Å². The van der Waals surface area contributed by atoms with Crippen molar-refractivity contribution < 1.29 is 19.0 Å². The first kappa shape index (κ1) is 16.4. The van der Waals surface area contributed by atoms with Crippen molar-refractivity contribution in [1.82, 2.24) is 5.32 Å². The molecule has 1 aliphatic rings. The van der Waals surface area contributed by atoms with E-state index in [1.54, 1.807) is 7.05 Å². The number of rotatable bonds is 10. The highest BCUT2D eigenvalue weighted by Crippen LogP contribution is 2.40. The molecule has 1 atom stereocenters. The zero-order valence-electron chi connectivity index (χ0n) is 12.5. The Labute approximate surface area is 116 Å². The number of nitrogens with one attached hydrogen (secondary N) is 1. The first-order valence-corrected chi connectivity index (χ1v) is 6.99. The van der Waals surface area contributed by atoms with E-state index in [4.69, 9.17) is 14.2 Å². The second-order valence-electron chi connectivity index (χ2n) is 5.51. The first-order valence-electron chi connectivity index (χ1n) is 6.99. The minimum Gasteiger partial charge on any atom is -0.468 e. The largest absolute Gasteiger partial charge is 0.468 e. The highest BCUT2D eigenvalue weighted by atomic mass is 16.5. The van der Waals surface area contributed by atoms with Gasteiger partial charge in [-0.15, -0.1) is 0 Å². The number of esters is 1. The van der Waals surface area contributed by atoms with Gasteiger partial charge in [0.25, 0.3) is 0 Å². The van der Waals surface area contributed by atoms with Crippen LogP contribution in [0, 0.1) is 11.8 Å². The number of ether oxygens (including phenoxy) is 3. The Balaban J connectivity index is 2.31. The summed E-state index contributed by atoms with van der Waals surface area (Å²) in [7, 11) is 3.20. The molecule has 1 aliphatic carbocycles. The monoisotopic (exact) mass is 273 g/mol. The van der Waals surface area contributed by atoms with E-state index in [2.05, 4.69) is 19.2 Å². The van der Waals surface area contributed by atoms with Gasteiger partial charge in [-0.3, -0.25) is 0 Å². The van der Waals surface area contributed by atoms with Gasteiger partial charge in [0, 0.05) is 6.61 Å². The number of methoxy groups -OCH3 is 1. The normalized spacial score (nSPS) is 18.4. The molecule has 5 heteroatoms. The van der Waals surface area contributed by atoms with Crippen LogP contribution >= 0.6 is 0 Å². The highest BCUT2D eigenvalue weighted by Gasteiger charge is 2.51. The molecule has 19 heavy (non-hydrogen) atoms. The fourth-order valence-corrected chi connectivity index (χ4v) is 2.15. The molecule has 0 amide bonds. The summed E-state index contributed by atoms with van der Waals surface area (Å²) in [5.41, 5.74) is -0.688. The van der Waals surface area contributed by atoms with Crippen LogP contribution in [0.2, 0.25) is 0 Å². The molecule has 0 aromatic rings. The Kier molecular flexibility index (Phi) is 6.75. The van der Waals surface area contributed by atoms with Crippen molar-refractivity contribution >= 4 is 5.97 Å². The van der Waals surface area contributed by atoms with Gasteiger partial charge in [-0.2, -0.15) is 0 Å². The van der Waals surface area contributed by atoms with E-state index in [1.165, 1.54) is 7.11 Å². The summed E-state index contributed by atoms with van der Waals surface area (Å²) in [5.74, 6) is 0.611. The van der Waals surface area contributed by atoms with Crippen molar-refractivity contribution in [2.45, 2.75) is 32.2 Å². The third-order valence-corrected chi connectivity index (χ3v) is 3.42. The van der Waals surface area contributed by atoms with Gasteiger partial charge in [0.15, 0.2) is 0 Å². The van der Waals surface area contributed by atoms with Crippen molar-refractivity contribution in [3.05, 3.63) is 0 Å². The predicted octanol–water partition coefficient (Wildman–Crippen LogP) is 1.22. The molecular weight excluding hydrogens is 246 g/mol. The zero-order valence-corrected chi connectivity index (χ0v) is 12.5. The topological polar surface area (TPSA) is 56.8 Å². The van der Waals surface area contributed by atoms with Crippen LogP contribution in [0.25, 0.3) is 0 Å². The van der Waals surface area contributed by atoms with Crippen LogP contribution in [0.4, 0.5) is 0 Å². The SMILES string of the molecule is CNC(COCCOCC(C)C)(C(=O)OC)C1CC1. The minimum absolute atomic E-state index is 0.236. The van der Waals surface area contributed by atoms with E-state index in [1.807, 2.05) is 0 Å². The molecule has 0 bridgehead atoms. The van der Waals surface area contributed by atoms with Crippen molar-refractivity contribution in [3.8, 4) is 0 Å². The summed E-state index contributed by atoms with van der Waals surface area (Å²) in [6.07, 6.45) is 2.09. The van der Waals surface area contributed by atoms with Crippen LogP contribution in [0.5, 0.6) is 0 Å². The fourth-order valence-electron chi connectivity index (χ4n) is 2.15. The second kappa shape index (κ2) is 7.82. The Bertz CT molecular complexity index is 279. The van der Waals surface area contributed by atoms with E-state index in [0.717, 1.165) is 19.4 Å². The first-order chi connectivity index (χ1) is 9.06. The average molecular weight is 273 g/mol. The van der Waals surface area contributed by atoms with Gasteiger partial charge in [0.2, 0.25) is 0 Å². The number of carbonyl (C=O) groups is 1. The van der Waals surface area contributed by atoms with E-state index in [-0.39, 0.29) is 5.97 Å². The lowest BCUT2D eigenvalue weighted by molar-refractivity contribution is -0.153. The molecule has 5 nitrogen and oxygen atoms in total. The van der Waals surface area contributed by atoms with Gasteiger partial charge in [0.05, 0.1) is 26.9 Å². The predicted molar refractivity (Wildman–Crippen MR) is 73.0 cm³/mol. The molecule has 1 fully saturated rings. The van der Waals surface area contributed by atoms with Crippen LogP contribution in [0.3, 0.4) is 0 Å². The maximum Gasteiger partial charge on any atom is 0.328 e. The Morgan fingerprint density at radius 3 is 2.42 bits per heavy atom. The molecule has 1 saturated carbocycles. The van der Waals surface area contributed by atoms with Crippen LogP contribution in [0.15, 0.2) is 0 Å². The molecule has 0 spiro atoms. The average Bonchev–Trinajstić information content (AvgIpc) is 3.22. The smallest absolute Gasteiger partial charge is 0.328 e. The van der Waals surface area contributed by atoms with Gasteiger partial charge < -0.3 is 19.5 Å². The third kappa shape index (κ3) is 4.75. The van der Waals surface area contributed by atoms with Crippen molar-refractivity contribution in [2.24, 2.45) is 11.8 Å². The summed E-state index contributed by atoms with van der Waals surface area (Å²) in [6.45, 7) is 6.35. The van der Waals surface area contributed by atoms with Crippen LogP contribution in [0.1, 0.15) is 26.7 Å². The molecule has 0 saturated heterocycles. The molecule has 1 N–H and O–H groups in total. The molecule has 0 aromatic heterocycles. The van der Waals surface area contributed by atoms with Gasteiger partial charge in [0.1, 0.15) is 5.54 Å². The van der Waals surface area contributed by atoms with Crippen LogP contribution < -0.4 is 5.32 Å². The molecule has 1 rings (SSSR count). The third-order valence-electron chi connectivity index (χ3n) is 3.42. The number of hydrogen-bond donors (Lipinski definition) is 1. The highest BCUT2D eigenvalue weighted by molar-refractivity contribution is 5.82. The molecule has 0 heterocycles. The zero-order chi connectivity index (χ0) is 14.3. The standard InChI is InChI=1S/C14H27NO4/c1-11(2)9-18-7-8-19-10-14(15-3,12-5-6-12)13(16)17-4/h11-12,15H,5-10H2,1-4H3. The molecular formula is C14H27NO4. The van der Waals surface area contributed by atoms with Crippen molar-refractivity contribution in [3.63, 3.8) is 0 Å². The molecule has 0 aliphatic heterocycles. The Morgan fingerprint density at radius 2 is 1.95 bits per heavy atom. The minimum atomic E-state index is -0.688. The van der Waals surface area contributed by atoms with Crippen molar-refractivity contribution in [2.75, 3.05) is 40.6 Å². The summed E-state index contributed by atoms with van der Waals surface area (Å²) < 4.78 is 16.0. The maximum atomic E-state index is 12.0. The van der Waals surface area contributed by atoms with Crippen LogP contribution in [-0.4, -0.2) is 52.1 Å². The van der Waals surface area contributed by atoms with Gasteiger partial charge >= 0.3 is 5.97 Å². The molecule has 112 valence electrons. The lowest BCUT2D eigenvalue weighted by Crippen LogP contribution is -2.56. The molecule has 0 radical (unpaired) electrons. The Hall–Kier alpha value is -0.650. The summed E-state index contributed by atoms with van der Waals surface area (Å²) >= 11 is 0. The van der Waals surface area contributed by atoms with Crippen LogP contribution in [-0.2, 0) is 19.0 Å². The number of carbonyl (C=O) groups excluding carboxylic acids is 1. The number of likely N-dealkylation sites (N-methyl/N-ethyl adjacent to an activating group) is 1. The number of hydrogen-bond acceptors (Lipinski definition) is 5. The Morgan fingerprint density at radius 1 is 1.32 bits per heavy atom. The summed E-state index contributed by atoms with van der Waals surface area (Å²) in [5, 5.41) is 3.10. The van der Waals surface area contributed by atoms with Gasteiger partial charge in [-0.1, -0.05) is 13.8 Å². The summed E-state index contributed by atoms with van der Waals surface area (Å²) in [6, 6.07) is 0. The quantitative estimate of drug-likeness (QED) is 0.479. The molecule has 1 unspecified atom stereocenters. The van der Waals surface area contributed by atoms with E-state index in [0.29, 0.717) is 31.7 Å². The van der Waals surface area contributed by atoms with E-state index >= 15 is 0 Å². The summed E-state index contributed by atoms with van der Waals surface area (Å²) in [4.78, 5) is 12.0. The fraction of sp³-hybridized carbons (Fsp3) is 0.929. The molecule has 0 aromatic carbocycles. The van der Waals surface area contributed by atoms with Gasteiger partial charge in [-0.05, 0) is 31.7 Å². The second-order valence-corrected chi connectivity index (χ2v) is 5.51. The maximum absolute atomic E-state index is 12.0. The lowest BCUT2D eigenvalue weighted by Gasteiger charge is -2.30. The van der Waals surface area contributed by atoms with Gasteiger partial charge in [-0.25, -0.2) is 4.79 Å². The van der Waals surface area contributed by atoms with Crippen molar-refractivity contribution in [1.29, 1.82) is 0 Å². The van der Waals surface area contributed by atoms with E-state index < -0.39 is 5.54 Å².